The van der Waals surface area contributed by atoms with E-state index in [4.69, 9.17) is 23.2 Å². The summed E-state index contributed by atoms with van der Waals surface area (Å²) >= 11 is 11.5. The van der Waals surface area contributed by atoms with Gasteiger partial charge in [0, 0.05) is 25.0 Å². The zero-order chi connectivity index (χ0) is 11.4. The van der Waals surface area contributed by atoms with E-state index in [0.717, 1.165) is 6.54 Å². The average Bonchev–Trinajstić information content (AvgIpc) is 2.76. The van der Waals surface area contributed by atoms with Gasteiger partial charge in [-0.15, -0.1) is 10.2 Å². The van der Waals surface area contributed by atoms with E-state index in [9.17, 15) is 0 Å². The first-order valence-electron chi connectivity index (χ1n) is 4.66. The van der Waals surface area contributed by atoms with Crippen molar-refractivity contribution in [3.63, 3.8) is 0 Å². The van der Waals surface area contributed by atoms with Crippen LogP contribution in [-0.2, 0) is 6.54 Å². The topological polar surface area (TPSA) is 55.6 Å². The third kappa shape index (κ3) is 2.84. The lowest BCUT2D eigenvalue weighted by Gasteiger charge is -2.07. The Morgan fingerprint density at radius 2 is 2.19 bits per heavy atom. The molecule has 0 spiro atoms. The van der Waals surface area contributed by atoms with E-state index in [2.05, 4.69) is 20.6 Å². The van der Waals surface area contributed by atoms with Crippen molar-refractivity contribution < 1.29 is 0 Å². The monoisotopic (exact) mass is 257 g/mol. The quantitative estimate of drug-likeness (QED) is 0.912. The van der Waals surface area contributed by atoms with Crippen LogP contribution >= 0.6 is 23.2 Å². The zero-order valence-electron chi connectivity index (χ0n) is 8.27. The molecule has 0 aromatic carbocycles. The molecule has 0 saturated carbocycles. The molecular formula is C9H9Cl2N5. The highest BCUT2D eigenvalue weighted by atomic mass is 35.5. The van der Waals surface area contributed by atoms with Gasteiger partial charge in [-0.3, -0.25) is 4.68 Å². The Kier molecular flexibility index (Phi) is 3.58. The van der Waals surface area contributed by atoms with Crippen LogP contribution in [0.15, 0.2) is 24.5 Å². The molecule has 16 heavy (non-hydrogen) atoms. The van der Waals surface area contributed by atoms with Crippen LogP contribution in [0.4, 0.5) is 5.69 Å². The summed E-state index contributed by atoms with van der Waals surface area (Å²) in [6, 6.07) is 3.51. The van der Waals surface area contributed by atoms with Gasteiger partial charge >= 0.3 is 0 Å². The molecule has 0 aliphatic heterocycles. The third-order valence-corrected chi connectivity index (χ3v) is 2.40. The maximum Gasteiger partial charge on any atom is 0.174 e. The SMILES string of the molecule is Clc1cc(NCCn2cccn2)c(Cl)nn1. The molecule has 0 aliphatic carbocycles. The molecule has 84 valence electrons. The fraction of sp³-hybridized carbons (Fsp3) is 0.222. The lowest BCUT2D eigenvalue weighted by atomic mass is 10.4. The van der Waals surface area contributed by atoms with E-state index in [-0.39, 0.29) is 0 Å². The van der Waals surface area contributed by atoms with Gasteiger partial charge in [-0.1, -0.05) is 23.2 Å². The van der Waals surface area contributed by atoms with Gasteiger partial charge in [0.2, 0.25) is 0 Å². The molecule has 2 aromatic rings. The molecule has 0 unspecified atom stereocenters. The Morgan fingerprint density at radius 1 is 1.31 bits per heavy atom. The summed E-state index contributed by atoms with van der Waals surface area (Å²) in [5, 5.41) is 15.1. The Labute approximate surface area is 102 Å². The summed E-state index contributed by atoms with van der Waals surface area (Å²) < 4.78 is 1.82. The lowest BCUT2D eigenvalue weighted by Crippen LogP contribution is -2.11. The largest absolute Gasteiger partial charge is 0.381 e. The first-order chi connectivity index (χ1) is 7.75. The molecule has 0 radical (unpaired) electrons. The van der Waals surface area contributed by atoms with Crippen molar-refractivity contribution >= 4 is 28.9 Å². The highest BCUT2D eigenvalue weighted by Crippen LogP contribution is 2.20. The van der Waals surface area contributed by atoms with Crippen LogP contribution in [0.25, 0.3) is 0 Å². The number of nitrogens with one attached hydrogen (secondary N) is 1. The van der Waals surface area contributed by atoms with E-state index in [0.29, 0.717) is 22.5 Å². The van der Waals surface area contributed by atoms with Crippen molar-refractivity contribution in [2.75, 3.05) is 11.9 Å². The molecule has 0 fully saturated rings. The maximum atomic E-state index is 5.84. The van der Waals surface area contributed by atoms with Crippen LogP contribution in [-0.4, -0.2) is 26.5 Å². The highest BCUT2D eigenvalue weighted by Gasteiger charge is 2.03. The molecule has 5 nitrogen and oxygen atoms in total. The Balaban J connectivity index is 1.92. The van der Waals surface area contributed by atoms with Gasteiger partial charge in [-0.2, -0.15) is 5.10 Å². The van der Waals surface area contributed by atoms with E-state index < -0.39 is 0 Å². The van der Waals surface area contributed by atoms with Gasteiger partial charge in [0.1, 0.15) is 0 Å². The lowest BCUT2D eigenvalue weighted by molar-refractivity contribution is 0.637. The molecule has 2 rings (SSSR count). The van der Waals surface area contributed by atoms with Crippen LogP contribution in [0.5, 0.6) is 0 Å². The molecule has 2 heterocycles. The number of rotatable bonds is 4. The van der Waals surface area contributed by atoms with E-state index in [1.54, 1.807) is 12.3 Å². The minimum Gasteiger partial charge on any atom is -0.381 e. The van der Waals surface area contributed by atoms with Gasteiger partial charge in [0.25, 0.3) is 0 Å². The molecule has 7 heteroatoms. The second-order valence-electron chi connectivity index (χ2n) is 3.07. The first-order valence-corrected chi connectivity index (χ1v) is 5.41. The number of anilines is 1. The average molecular weight is 258 g/mol. The van der Waals surface area contributed by atoms with Crippen molar-refractivity contribution in [2.24, 2.45) is 0 Å². The van der Waals surface area contributed by atoms with Crippen molar-refractivity contribution in [3.8, 4) is 0 Å². The fourth-order valence-electron chi connectivity index (χ4n) is 1.21. The second kappa shape index (κ2) is 5.14. The minimum atomic E-state index is 0.310. The first kappa shape index (κ1) is 11.2. The molecule has 0 aliphatic rings. The number of halogens is 2. The molecule has 0 bridgehead atoms. The van der Waals surface area contributed by atoms with Gasteiger partial charge in [0.05, 0.1) is 12.2 Å². The molecule has 0 atom stereocenters. The van der Waals surface area contributed by atoms with E-state index in [1.165, 1.54) is 0 Å². The number of nitrogens with zero attached hydrogens (tertiary/aromatic N) is 4. The predicted octanol–water partition coefficient (Wildman–Crippen LogP) is 2.09. The van der Waals surface area contributed by atoms with Gasteiger partial charge < -0.3 is 5.32 Å². The van der Waals surface area contributed by atoms with Crippen molar-refractivity contribution in [3.05, 3.63) is 34.8 Å². The van der Waals surface area contributed by atoms with Crippen LogP contribution in [0.1, 0.15) is 0 Å². The normalized spacial score (nSPS) is 10.4. The molecule has 2 aromatic heterocycles. The smallest absolute Gasteiger partial charge is 0.174 e. The molecule has 0 saturated heterocycles. The fourth-order valence-corrected chi connectivity index (χ4v) is 1.52. The van der Waals surface area contributed by atoms with Crippen LogP contribution in [0, 0.1) is 0 Å². The highest BCUT2D eigenvalue weighted by molar-refractivity contribution is 6.33. The third-order valence-electron chi connectivity index (χ3n) is 1.93. The molecule has 1 N–H and O–H groups in total. The van der Waals surface area contributed by atoms with Crippen LogP contribution < -0.4 is 5.32 Å². The van der Waals surface area contributed by atoms with Crippen molar-refractivity contribution in [1.82, 2.24) is 20.0 Å². The standard InChI is InChI=1S/C9H9Cl2N5/c10-8-6-7(9(11)15-14-8)12-3-5-16-4-1-2-13-16/h1-2,4,6H,3,5H2,(H,12,14). The Morgan fingerprint density at radius 3 is 2.94 bits per heavy atom. The Hall–Kier alpha value is -1.33. The number of aromatic nitrogens is 4. The minimum absolute atomic E-state index is 0.310. The summed E-state index contributed by atoms with van der Waals surface area (Å²) in [5.74, 6) is 0. The van der Waals surface area contributed by atoms with Crippen LogP contribution in [0.3, 0.4) is 0 Å². The number of hydrogen-bond donors (Lipinski definition) is 1. The van der Waals surface area contributed by atoms with Gasteiger partial charge in [-0.05, 0) is 6.07 Å². The molecule has 0 amide bonds. The van der Waals surface area contributed by atoms with Crippen molar-refractivity contribution in [2.45, 2.75) is 6.54 Å². The van der Waals surface area contributed by atoms with Crippen LogP contribution in [0.2, 0.25) is 10.3 Å². The van der Waals surface area contributed by atoms with Crippen molar-refractivity contribution in [1.29, 1.82) is 0 Å². The maximum absolute atomic E-state index is 5.84. The summed E-state index contributed by atoms with van der Waals surface area (Å²) in [7, 11) is 0. The van der Waals surface area contributed by atoms with E-state index >= 15 is 0 Å². The van der Waals surface area contributed by atoms with Gasteiger partial charge in [0.15, 0.2) is 10.3 Å². The molecular weight excluding hydrogens is 249 g/mol. The summed E-state index contributed by atoms with van der Waals surface area (Å²) in [5.41, 5.74) is 0.675. The Bertz CT molecular complexity index is 457. The summed E-state index contributed by atoms with van der Waals surface area (Å²) in [4.78, 5) is 0. The zero-order valence-corrected chi connectivity index (χ0v) is 9.78. The van der Waals surface area contributed by atoms with Gasteiger partial charge in [-0.25, -0.2) is 0 Å². The predicted molar refractivity (Wildman–Crippen MR) is 62.8 cm³/mol. The number of hydrogen-bond acceptors (Lipinski definition) is 4. The summed E-state index contributed by atoms with van der Waals surface area (Å²) in [6.07, 6.45) is 3.62. The second-order valence-corrected chi connectivity index (χ2v) is 3.81. The van der Waals surface area contributed by atoms with E-state index in [1.807, 2.05) is 16.9 Å². The summed E-state index contributed by atoms with van der Waals surface area (Å²) in [6.45, 7) is 1.42.